The molecule has 6 heteroatoms. The van der Waals surface area contributed by atoms with Gasteiger partial charge in [-0.1, -0.05) is 23.7 Å². The van der Waals surface area contributed by atoms with Gasteiger partial charge in [-0.25, -0.2) is 0 Å². The average Bonchev–Trinajstić information content (AvgIpc) is 2.55. The van der Waals surface area contributed by atoms with Crippen LogP contribution in [0.3, 0.4) is 0 Å². The van der Waals surface area contributed by atoms with E-state index in [1.807, 2.05) is 0 Å². The van der Waals surface area contributed by atoms with Crippen molar-refractivity contribution in [2.24, 2.45) is 0 Å². The molecular weight excluding hydrogens is 330 g/mol. The Morgan fingerprint density at radius 2 is 1.67 bits per heavy atom. The number of amides is 1. The number of carbonyl (C=O) groups excluding carboxylic acids is 2. The van der Waals surface area contributed by atoms with Crippen LogP contribution in [0, 0.1) is 0 Å². The number of nitrogens with one attached hydrogen (secondary N) is 1. The number of hydrogen-bond donors (Lipinski definition) is 1. The molecule has 1 amide bonds. The fraction of sp³-hybridized carbons (Fsp3) is 0.222. The zero-order valence-electron chi connectivity index (χ0n) is 13.3. The van der Waals surface area contributed by atoms with E-state index in [0.29, 0.717) is 16.5 Å². The third-order valence-corrected chi connectivity index (χ3v) is 3.30. The molecule has 0 heterocycles. The topological polar surface area (TPSA) is 64.6 Å². The standard InChI is InChI=1S/C18H18ClNO4/c1-13(21)20-16-6-2-14(3-7-16)12-18(22)24-11-10-23-17-8-4-15(19)5-9-17/h2-9H,10-12H2,1H3,(H,20,21). The maximum absolute atomic E-state index is 11.8. The van der Waals surface area contributed by atoms with E-state index in [4.69, 9.17) is 21.1 Å². The molecule has 0 aliphatic rings. The first-order valence-corrected chi connectivity index (χ1v) is 7.81. The average molecular weight is 348 g/mol. The van der Waals surface area contributed by atoms with Gasteiger partial charge in [-0.2, -0.15) is 0 Å². The van der Waals surface area contributed by atoms with E-state index in [1.54, 1.807) is 48.5 Å². The Labute approximate surface area is 145 Å². The summed E-state index contributed by atoms with van der Waals surface area (Å²) in [4.78, 5) is 22.7. The van der Waals surface area contributed by atoms with E-state index in [9.17, 15) is 9.59 Å². The summed E-state index contributed by atoms with van der Waals surface area (Å²) in [6.45, 7) is 1.89. The number of anilines is 1. The van der Waals surface area contributed by atoms with Crippen LogP contribution in [0.2, 0.25) is 5.02 Å². The first-order valence-electron chi connectivity index (χ1n) is 7.43. The fourth-order valence-corrected chi connectivity index (χ4v) is 2.10. The second-order valence-electron chi connectivity index (χ2n) is 5.08. The molecule has 0 radical (unpaired) electrons. The maximum atomic E-state index is 11.8. The van der Waals surface area contributed by atoms with Gasteiger partial charge >= 0.3 is 5.97 Å². The lowest BCUT2D eigenvalue weighted by molar-refractivity contribution is -0.143. The van der Waals surface area contributed by atoms with Crippen molar-refractivity contribution in [3.8, 4) is 5.75 Å². The van der Waals surface area contributed by atoms with Gasteiger partial charge in [0.2, 0.25) is 5.91 Å². The lowest BCUT2D eigenvalue weighted by atomic mass is 10.1. The van der Waals surface area contributed by atoms with Crippen LogP contribution in [-0.2, 0) is 20.7 Å². The predicted molar refractivity (Wildman–Crippen MR) is 92.4 cm³/mol. The highest BCUT2D eigenvalue weighted by atomic mass is 35.5. The molecule has 0 aliphatic carbocycles. The molecule has 0 fully saturated rings. The van der Waals surface area contributed by atoms with Crippen LogP contribution in [0.4, 0.5) is 5.69 Å². The molecule has 0 spiro atoms. The minimum absolute atomic E-state index is 0.136. The molecule has 0 unspecified atom stereocenters. The lowest BCUT2D eigenvalue weighted by Gasteiger charge is -2.08. The Hall–Kier alpha value is -2.53. The normalized spacial score (nSPS) is 10.1. The largest absolute Gasteiger partial charge is 0.490 e. The van der Waals surface area contributed by atoms with Crippen molar-refractivity contribution in [2.75, 3.05) is 18.5 Å². The summed E-state index contributed by atoms with van der Waals surface area (Å²) in [6, 6.07) is 14.0. The van der Waals surface area contributed by atoms with Gasteiger partial charge in [0.1, 0.15) is 19.0 Å². The minimum atomic E-state index is -0.331. The van der Waals surface area contributed by atoms with Crippen LogP contribution in [0.25, 0.3) is 0 Å². The Balaban J connectivity index is 1.69. The molecule has 2 aromatic rings. The van der Waals surface area contributed by atoms with Crippen molar-refractivity contribution in [2.45, 2.75) is 13.3 Å². The quantitative estimate of drug-likeness (QED) is 0.615. The SMILES string of the molecule is CC(=O)Nc1ccc(CC(=O)OCCOc2ccc(Cl)cc2)cc1. The summed E-state index contributed by atoms with van der Waals surface area (Å²) < 4.78 is 10.6. The summed E-state index contributed by atoms with van der Waals surface area (Å²) in [7, 11) is 0. The Kier molecular flexibility index (Phi) is 6.63. The van der Waals surface area contributed by atoms with Gasteiger partial charge in [-0.3, -0.25) is 9.59 Å². The van der Waals surface area contributed by atoms with E-state index >= 15 is 0 Å². The van der Waals surface area contributed by atoms with Gasteiger partial charge in [-0.05, 0) is 42.0 Å². The van der Waals surface area contributed by atoms with Crippen molar-refractivity contribution >= 4 is 29.2 Å². The molecule has 2 aromatic carbocycles. The number of carbonyl (C=O) groups is 2. The highest BCUT2D eigenvalue weighted by molar-refractivity contribution is 6.30. The molecule has 0 saturated carbocycles. The Morgan fingerprint density at radius 1 is 1.00 bits per heavy atom. The number of ether oxygens (including phenoxy) is 2. The molecule has 2 rings (SSSR count). The number of halogens is 1. The summed E-state index contributed by atoms with van der Waals surface area (Å²) in [5.74, 6) is 0.203. The van der Waals surface area contributed by atoms with Gasteiger partial charge in [0.15, 0.2) is 0 Å². The minimum Gasteiger partial charge on any atom is -0.490 e. The van der Waals surface area contributed by atoms with Crippen LogP contribution >= 0.6 is 11.6 Å². The van der Waals surface area contributed by atoms with Crippen molar-refractivity contribution < 1.29 is 19.1 Å². The second-order valence-corrected chi connectivity index (χ2v) is 5.51. The maximum Gasteiger partial charge on any atom is 0.310 e. The Bertz CT molecular complexity index is 683. The van der Waals surface area contributed by atoms with Crippen LogP contribution in [0.15, 0.2) is 48.5 Å². The fourth-order valence-electron chi connectivity index (χ4n) is 1.97. The number of rotatable bonds is 7. The molecule has 0 bridgehead atoms. The van der Waals surface area contributed by atoms with E-state index in [0.717, 1.165) is 5.56 Å². The van der Waals surface area contributed by atoms with E-state index in [-0.39, 0.29) is 31.5 Å². The van der Waals surface area contributed by atoms with Crippen LogP contribution in [0.1, 0.15) is 12.5 Å². The molecule has 0 atom stereocenters. The molecule has 5 nitrogen and oxygen atoms in total. The molecule has 0 aromatic heterocycles. The van der Waals surface area contributed by atoms with Gasteiger partial charge in [0, 0.05) is 17.6 Å². The van der Waals surface area contributed by atoms with E-state index in [1.165, 1.54) is 6.92 Å². The van der Waals surface area contributed by atoms with Crippen molar-refractivity contribution in [1.82, 2.24) is 0 Å². The Morgan fingerprint density at radius 3 is 2.29 bits per heavy atom. The van der Waals surface area contributed by atoms with Crippen molar-refractivity contribution in [1.29, 1.82) is 0 Å². The lowest BCUT2D eigenvalue weighted by Crippen LogP contribution is -2.14. The predicted octanol–water partition coefficient (Wildman–Crippen LogP) is 3.46. The molecule has 1 N–H and O–H groups in total. The molecule has 0 saturated heterocycles. The van der Waals surface area contributed by atoms with Crippen LogP contribution in [-0.4, -0.2) is 25.1 Å². The molecule has 0 aliphatic heterocycles. The third-order valence-electron chi connectivity index (χ3n) is 3.05. The summed E-state index contributed by atoms with van der Waals surface area (Å²) in [6.07, 6.45) is 0.168. The smallest absolute Gasteiger partial charge is 0.310 e. The second kappa shape index (κ2) is 8.93. The van der Waals surface area contributed by atoms with Crippen LogP contribution < -0.4 is 10.1 Å². The van der Waals surface area contributed by atoms with Gasteiger partial charge in [-0.15, -0.1) is 0 Å². The molecule has 24 heavy (non-hydrogen) atoms. The van der Waals surface area contributed by atoms with Crippen LogP contribution in [0.5, 0.6) is 5.75 Å². The van der Waals surface area contributed by atoms with E-state index < -0.39 is 0 Å². The summed E-state index contributed by atoms with van der Waals surface area (Å²) in [5.41, 5.74) is 1.50. The van der Waals surface area contributed by atoms with E-state index in [2.05, 4.69) is 5.32 Å². The van der Waals surface area contributed by atoms with Gasteiger partial charge in [0.05, 0.1) is 6.42 Å². The summed E-state index contributed by atoms with van der Waals surface area (Å²) in [5, 5.41) is 3.30. The zero-order chi connectivity index (χ0) is 17.4. The van der Waals surface area contributed by atoms with Crippen molar-refractivity contribution in [3.63, 3.8) is 0 Å². The third kappa shape index (κ3) is 6.30. The highest BCUT2D eigenvalue weighted by Crippen LogP contribution is 2.15. The van der Waals surface area contributed by atoms with Crippen molar-refractivity contribution in [3.05, 3.63) is 59.1 Å². The summed E-state index contributed by atoms with van der Waals surface area (Å²) >= 11 is 5.78. The first kappa shape index (κ1) is 17.8. The number of benzene rings is 2. The zero-order valence-corrected chi connectivity index (χ0v) is 14.0. The first-order chi connectivity index (χ1) is 11.5. The van der Waals surface area contributed by atoms with Gasteiger partial charge < -0.3 is 14.8 Å². The molecular formula is C18H18ClNO4. The number of esters is 1. The van der Waals surface area contributed by atoms with Gasteiger partial charge in [0.25, 0.3) is 0 Å². The number of hydrogen-bond acceptors (Lipinski definition) is 4. The molecule has 126 valence electrons. The highest BCUT2D eigenvalue weighted by Gasteiger charge is 2.05. The monoisotopic (exact) mass is 347 g/mol.